The number of carbonyl (C=O) groups is 1. The smallest absolute Gasteiger partial charge is 0.239 e. The standard InChI is InChI=1S/C16H23N3O/c1-11(2)10-19(3)16(20)14(17)8-12-9-18-15-7-5-4-6-13(12)15/h4-7,9,11,14,18H,8,10,17H2,1-3H3/t14-/m1/s1. The van der Waals surface area contributed by atoms with E-state index in [1.165, 1.54) is 0 Å². The van der Waals surface area contributed by atoms with E-state index < -0.39 is 6.04 Å². The summed E-state index contributed by atoms with van der Waals surface area (Å²) in [6, 6.07) is 7.58. The average molecular weight is 273 g/mol. The fourth-order valence-corrected chi connectivity index (χ4v) is 2.55. The molecule has 1 aromatic carbocycles. The van der Waals surface area contributed by atoms with Gasteiger partial charge in [-0.25, -0.2) is 0 Å². The molecule has 108 valence electrons. The van der Waals surface area contributed by atoms with E-state index >= 15 is 0 Å². The molecule has 20 heavy (non-hydrogen) atoms. The molecular formula is C16H23N3O. The number of nitrogens with zero attached hydrogens (tertiary/aromatic N) is 1. The Morgan fingerprint density at radius 1 is 1.35 bits per heavy atom. The zero-order chi connectivity index (χ0) is 14.7. The van der Waals surface area contributed by atoms with Gasteiger partial charge in [-0.1, -0.05) is 32.0 Å². The number of hydrogen-bond donors (Lipinski definition) is 2. The third kappa shape index (κ3) is 3.20. The Morgan fingerprint density at radius 3 is 2.75 bits per heavy atom. The van der Waals surface area contributed by atoms with Crippen LogP contribution in [0, 0.1) is 5.92 Å². The summed E-state index contributed by atoms with van der Waals surface area (Å²) in [6.07, 6.45) is 2.51. The number of benzene rings is 1. The summed E-state index contributed by atoms with van der Waals surface area (Å²) < 4.78 is 0. The van der Waals surface area contributed by atoms with Crippen LogP contribution in [0.2, 0.25) is 0 Å². The first kappa shape index (κ1) is 14.6. The van der Waals surface area contributed by atoms with E-state index in [0.29, 0.717) is 12.3 Å². The third-order valence-corrected chi connectivity index (χ3v) is 3.45. The monoisotopic (exact) mass is 273 g/mol. The molecule has 0 aliphatic carbocycles. The van der Waals surface area contributed by atoms with Gasteiger partial charge in [0.25, 0.3) is 0 Å². The van der Waals surface area contributed by atoms with E-state index in [-0.39, 0.29) is 5.91 Å². The number of fused-ring (bicyclic) bond motifs is 1. The Morgan fingerprint density at radius 2 is 2.05 bits per heavy atom. The number of nitrogens with two attached hydrogens (primary N) is 1. The highest BCUT2D eigenvalue weighted by Gasteiger charge is 2.20. The second-order valence-corrected chi connectivity index (χ2v) is 5.78. The summed E-state index contributed by atoms with van der Waals surface area (Å²) in [7, 11) is 1.82. The molecule has 0 fully saturated rings. The molecule has 0 radical (unpaired) electrons. The van der Waals surface area contributed by atoms with Crippen molar-refractivity contribution in [2.75, 3.05) is 13.6 Å². The van der Waals surface area contributed by atoms with Crippen molar-refractivity contribution in [1.29, 1.82) is 0 Å². The molecule has 1 atom stereocenters. The van der Waals surface area contributed by atoms with E-state index in [1.54, 1.807) is 4.90 Å². The van der Waals surface area contributed by atoms with Crippen LogP contribution in [0.3, 0.4) is 0 Å². The molecule has 1 heterocycles. The number of hydrogen-bond acceptors (Lipinski definition) is 2. The Balaban J connectivity index is 2.07. The minimum Gasteiger partial charge on any atom is -0.361 e. The van der Waals surface area contributed by atoms with Gasteiger partial charge in [-0.05, 0) is 24.0 Å². The van der Waals surface area contributed by atoms with E-state index in [2.05, 4.69) is 24.9 Å². The molecule has 2 aromatic rings. The largest absolute Gasteiger partial charge is 0.361 e. The lowest BCUT2D eigenvalue weighted by molar-refractivity contribution is -0.131. The van der Waals surface area contributed by atoms with Crippen LogP contribution in [-0.4, -0.2) is 35.4 Å². The van der Waals surface area contributed by atoms with Gasteiger partial charge < -0.3 is 15.6 Å². The highest BCUT2D eigenvalue weighted by Crippen LogP contribution is 2.19. The molecule has 0 saturated heterocycles. The molecule has 0 saturated carbocycles. The van der Waals surface area contributed by atoms with Gasteiger partial charge >= 0.3 is 0 Å². The molecule has 2 rings (SSSR count). The molecule has 0 aliphatic heterocycles. The molecule has 0 spiro atoms. The molecule has 1 amide bonds. The maximum Gasteiger partial charge on any atom is 0.239 e. The Bertz CT molecular complexity index is 588. The van der Waals surface area contributed by atoms with Crippen molar-refractivity contribution in [1.82, 2.24) is 9.88 Å². The maximum atomic E-state index is 12.2. The molecule has 0 bridgehead atoms. The van der Waals surface area contributed by atoms with Crippen LogP contribution in [-0.2, 0) is 11.2 Å². The SMILES string of the molecule is CC(C)CN(C)C(=O)[C@H](N)Cc1c[nH]c2ccccc12. The first-order valence-corrected chi connectivity index (χ1v) is 7.04. The summed E-state index contributed by atoms with van der Waals surface area (Å²) in [5, 5.41) is 1.14. The summed E-state index contributed by atoms with van der Waals surface area (Å²) >= 11 is 0. The topological polar surface area (TPSA) is 62.1 Å². The first-order chi connectivity index (χ1) is 9.49. The van der Waals surface area contributed by atoms with Gasteiger partial charge in [0.15, 0.2) is 0 Å². The lowest BCUT2D eigenvalue weighted by Crippen LogP contribution is -2.44. The molecular weight excluding hydrogens is 250 g/mol. The number of aromatic nitrogens is 1. The van der Waals surface area contributed by atoms with Crippen molar-refractivity contribution in [2.24, 2.45) is 11.7 Å². The van der Waals surface area contributed by atoms with Crippen molar-refractivity contribution < 1.29 is 4.79 Å². The first-order valence-electron chi connectivity index (χ1n) is 7.04. The number of aromatic amines is 1. The van der Waals surface area contributed by atoms with Gasteiger partial charge in [0.05, 0.1) is 6.04 Å². The lowest BCUT2D eigenvalue weighted by Gasteiger charge is -2.22. The molecule has 0 aliphatic rings. The van der Waals surface area contributed by atoms with Crippen molar-refractivity contribution in [2.45, 2.75) is 26.3 Å². The second kappa shape index (κ2) is 6.09. The number of likely N-dealkylation sites (N-methyl/N-ethyl adjacent to an activating group) is 1. The third-order valence-electron chi connectivity index (χ3n) is 3.45. The Kier molecular flexibility index (Phi) is 4.45. The number of H-pyrrole nitrogens is 1. The molecule has 1 aromatic heterocycles. The predicted octanol–water partition coefficient (Wildman–Crippen LogP) is 2.15. The van der Waals surface area contributed by atoms with E-state index in [4.69, 9.17) is 5.73 Å². The van der Waals surface area contributed by atoms with Crippen LogP contribution in [0.25, 0.3) is 10.9 Å². The van der Waals surface area contributed by atoms with E-state index in [9.17, 15) is 4.79 Å². The quantitative estimate of drug-likeness (QED) is 0.877. The number of amides is 1. The lowest BCUT2D eigenvalue weighted by atomic mass is 10.0. The summed E-state index contributed by atoms with van der Waals surface area (Å²) in [5.74, 6) is 0.452. The normalized spacial score (nSPS) is 12.8. The summed E-state index contributed by atoms with van der Waals surface area (Å²) in [6.45, 7) is 4.92. The number of para-hydroxylation sites is 1. The number of rotatable bonds is 5. The predicted molar refractivity (Wildman–Crippen MR) is 82.5 cm³/mol. The molecule has 3 N–H and O–H groups in total. The van der Waals surface area contributed by atoms with Gasteiger partial charge in [-0.3, -0.25) is 4.79 Å². The van der Waals surface area contributed by atoms with Crippen LogP contribution in [0.15, 0.2) is 30.5 Å². The van der Waals surface area contributed by atoms with E-state index in [1.807, 2.05) is 31.4 Å². The number of carbonyl (C=O) groups excluding carboxylic acids is 1. The van der Waals surface area contributed by atoms with Crippen LogP contribution in [0.5, 0.6) is 0 Å². The zero-order valence-corrected chi connectivity index (χ0v) is 12.4. The molecule has 4 heteroatoms. The van der Waals surface area contributed by atoms with Crippen molar-refractivity contribution >= 4 is 16.8 Å². The fourth-order valence-electron chi connectivity index (χ4n) is 2.55. The van der Waals surface area contributed by atoms with Crippen LogP contribution < -0.4 is 5.73 Å². The van der Waals surface area contributed by atoms with Gasteiger partial charge in [0.2, 0.25) is 5.91 Å². The van der Waals surface area contributed by atoms with Gasteiger partial charge in [-0.15, -0.1) is 0 Å². The highest BCUT2D eigenvalue weighted by atomic mass is 16.2. The van der Waals surface area contributed by atoms with Crippen LogP contribution in [0.4, 0.5) is 0 Å². The summed E-state index contributed by atoms with van der Waals surface area (Å²) in [5.41, 5.74) is 8.25. The van der Waals surface area contributed by atoms with Crippen LogP contribution >= 0.6 is 0 Å². The molecule has 0 unspecified atom stereocenters. The minimum atomic E-state index is -0.488. The van der Waals surface area contributed by atoms with Crippen molar-refractivity contribution in [3.8, 4) is 0 Å². The van der Waals surface area contributed by atoms with Gasteiger partial charge in [0.1, 0.15) is 0 Å². The summed E-state index contributed by atoms with van der Waals surface area (Å²) in [4.78, 5) is 17.2. The Hall–Kier alpha value is -1.81. The van der Waals surface area contributed by atoms with Crippen molar-refractivity contribution in [3.05, 3.63) is 36.0 Å². The maximum absolute atomic E-state index is 12.2. The highest BCUT2D eigenvalue weighted by molar-refractivity contribution is 5.86. The van der Waals surface area contributed by atoms with E-state index in [0.717, 1.165) is 23.0 Å². The van der Waals surface area contributed by atoms with Crippen LogP contribution in [0.1, 0.15) is 19.4 Å². The second-order valence-electron chi connectivity index (χ2n) is 5.78. The zero-order valence-electron chi connectivity index (χ0n) is 12.4. The van der Waals surface area contributed by atoms with Gasteiger partial charge in [0, 0.05) is 30.7 Å². The average Bonchev–Trinajstić information content (AvgIpc) is 2.80. The number of nitrogens with one attached hydrogen (secondary N) is 1. The Labute approximate surface area is 120 Å². The fraction of sp³-hybridized carbons (Fsp3) is 0.438. The van der Waals surface area contributed by atoms with Crippen molar-refractivity contribution in [3.63, 3.8) is 0 Å². The minimum absolute atomic E-state index is 0.00369. The molecule has 4 nitrogen and oxygen atoms in total. The van der Waals surface area contributed by atoms with Gasteiger partial charge in [-0.2, -0.15) is 0 Å².